The van der Waals surface area contributed by atoms with E-state index < -0.39 is 8.07 Å². The van der Waals surface area contributed by atoms with Gasteiger partial charge in [-0.25, -0.2) is 9.97 Å². The normalized spacial score (nSPS) is 13.0. The Labute approximate surface area is 401 Å². The van der Waals surface area contributed by atoms with Crippen LogP contribution in [0.15, 0.2) is 255 Å². The predicted octanol–water partition coefficient (Wildman–Crippen LogP) is 13.4. The number of benzene rings is 10. The highest BCUT2D eigenvalue weighted by molar-refractivity contribution is 7.23. The van der Waals surface area contributed by atoms with Gasteiger partial charge in [-0.15, -0.1) is 0 Å². The van der Waals surface area contributed by atoms with Crippen LogP contribution in [0.4, 0.5) is 17.3 Å². The van der Waals surface area contributed by atoms with E-state index in [-0.39, 0.29) is 0 Å². The fraction of sp³-hybridized carbons (Fsp3) is 0. The van der Waals surface area contributed by atoms with Crippen molar-refractivity contribution in [3.63, 3.8) is 0 Å². The Hall–Kier alpha value is -8.90. The van der Waals surface area contributed by atoms with E-state index in [9.17, 15) is 0 Å². The third-order valence-electron chi connectivity index (χ3n) is 14.4. The minimum atomic E-state index is -2.96. The summed E-state index contributed by atoms with van der Waals surface area (Å²) in [6.07, 6.45) is 0. The summed E-state index contributed by atoms with van der Waals surface area (Å²) >= 11 is 0. The van der Waals surface area contributed by atoms with Crippen LogP contribution in [-0.2, 0) is 0 Å². The second kappa shape index (κ2) is 15.6. The number of rotatable bonds is 6. The van der Waals surface area contributed by atoms with E-state index in [4.69, 9.17) is 9.97 Å². The Kier molecular flexibility index (Phi) is 8.88. The third-order valence-corrected chi connectivity index (χ3v) is 19.4. The van der Waals surface area contributed by atoms with Gasteiger partial charge in [0, 0.05) is 39.0 Å². The smallest absolute Gasteiger partial charge is 0.235 e. The van der Waals surface area contributed by atoms with Crippen LogP contribution in [0.5, 0.6) is 0 Å². The summed E-state index contributed by atoms with van der Waals surface area (Å²) in [5.41, 5.74) is 17.1. The summed E-state index contributed by atoms with van der Waals surface area (Å²) in [6.45, 7) is 0. The number of hydrogen-bond donors (Lipinski definition) is 0. The molecule has 0 bridgehead atoms. The zero-order valence-electron chi connectivity index (χ0n) is 37.5. The van der Waals surface area contributed by atoms with E-state index in [1.807, 2.05) is 0 Å². The summed E-state index contributed by atoms with van der Waals surface area (Å²) < 4.78 is 2.41. The highest BCUT2D eigenvalue weighted by Gasteiger charge is 2.54. The lowest BCUT2D eigenvalue weighted by atomic mass is 9.99. The molecule has 2 aliphatic rings. The van der Waals surface area contributed by atoms with Gasteiger partial charge in [0.15, 0.2) is 8.07 Å². The van der Waals surface area contributed by atoms with Crippen LogP contribution in [0.1, 0.15) is 0 Å². The molecule has 2 aliphatic heterocycles. The van der Waals surface area contributed by atoms with Crippen LogP contribution in [0.3, 0.4) is 0 Å². The van der Waals surface area contributed by atoms with Gasteiger partial charge in [-0.1, -0.05) is 206 Å². The van der Waals surface area contributed by atoms with E-state index in [0.29, 0.717) is 5.95 Å². The Morgan fingerprint density at radius 1 is 0.304 bits per heavy atom. The van der Waals surface area contributed by atoms with Crippen LogP contribution in [-0.4, -0.2) is 22.6 Å². The second-order valence-corrected chi connectivity index (χ2v) is 21.7. The fourth-order valence-electron chi connectivity index (χ4n) is 11.4. The maximum atomic E-state index is 5.42. The molecule has 5 heteroatoms. The van der Waals surface area contributed by atoms with Crippen LogP contribution in [0, 0.1) is 0 Å². The van der Waals surface area contributed by atoms with Crippen LogP contribution in [0.2, 0.25) is 0 Å². The maximum absolute atomic E-state index is 5.42. The molecule has 1 spiro atoms. The molecule has 0 aliphatic carbocycles. The summed E-state index contributed by atoms with van der Waals surface area (Å²) in [7, 11) is -2.96. The van der Waals surface area contributed by atoms with E-state index in [1.165, 1.54) is 75.9 Å². The van der Waals surface area contributed by atoms with Crippen LogP contribution in [0.25, 0.3) is 83.4 Å². The molecule has 0 saturated carbocycles. The Balaban J connectivity index is 0.953. The van der Waals surface area contributed by atoms with Gasteiger partial charge in [0.1, 0.15) is 0 Å². The molecule has 0 amide bonds. The molecule has 322 valence electrons. The molecule has 10 aromatic carbocycles. The van der Waals surface area contributed by atoms with E-state index >= 15 is 0 Å². The van der Waals surface area contributed by atoms with Crippen molar-refractivity contribution in [3.05, 3.63) is 255 Å². The predicted molar refractivity (Wildman–Crippen MR) is 289 cm³/mol. The van der Waals surface area contributed by atoms with Crippen molar-refractivity contribution in [1.29, 1.82) is 0 Å². The quantitative estimate of drug-likeness (QED) is 0.156. The number of anilines is 3. The van der Waals surface area contributed by atoms with E-state index in [1.54, 1.807) is 0 Å². The number of para-hydroxylation sites is 3. The number of hydrogen-bond acceptors (Lipinski definition) is 3. The molecule has 0 atom stereocenters. The molecule has 12 aromatic rings. The largest absolute Gasteiger partial charge is 0.309 e. The van der Waals surface area contributed by atoms with Gasteiger partial charge >= 0.3 is 0 Å². The van der Waals surface area contributed by atoms with Gasteiger partial charge in [-0.2, -0.15) is 0 Å². The van der Waals surface area contributed by atoms with Gasteiger partial charge in [-0.3, -0.25) is 4.90 Å². The van der Waals surface area contributed by atoms with Gasteiger partial charge in [0.05, 0.1) is 22.4 Å². The first-order valence-corrected chi connectivity index (χ1v) is 25.7. The first kappa shape index (κ1) is 39.3. The number of aromatic nitrogens is 3. The van der Waals surface area contributed by atoms with E-state index in [0.717, 1.165) is 39.6 Å². The van der Waals surface area contributed by atoms with Crippen LogP contribution >= 0.6 is 0 Å². The SMILES string of the molecule is c1ccc(-c2ccc(-n3c4ccccc4c4cc(-c5ccc6c(c5)[Si]5(c7ccccc7-6)c6ccccc6N(c6nc(-c7ccccc7)cc(-c7ccccc7)n6)c6ccccc65)ccc43)cc2)cc1. The summed E-state index contributed by atoms with van der Waals surface area (Å²) in [5.74, 6) is 0.652. The van der Waals surface area contributed by atoms with Gasteiger partial charge in [-0.05, 0) is 103 Å². The van der Waals surface area contributed by atoms with Crippen molar-refractivity contribution < 1.29 is 0 Å². The molecule has 0 saturated heterocycles. The standard InChI is InChI=1S/C64H42N4Si/c1-4-18-43(19-5-1)44-32-36-49(37-33-44)67-56-26-12-10-24-50(56)53-40-47(35-39-57(53)67)48-34-38-52-51-25-11-15-29-60(51)69(63(52)41-48)61-30-16-13-27-58(61)68(59-28-14-17-31-62(59)69)64-65-54(45-20-6-2-7-21-45)42-55(66-64)46-22-8-3-9-23-46/h1-42H. The average Bonchev–Trinajstić information content (AvgIpc) is 3.91. The zero-order valence-corrected chi connectivity index (χ0v) is 38.5. The molecule has 4 nitrogen and oxygen atoms in total. The van der Waals surface area contributed by atoms with Crippen LogP contribution < -0.4 is 25.6 Å². The van der Waals surface area contributed by atoms with Gasteiger partial charge in [0.25, 0.3) is 0 Å². The topological polar surface area (TPSA) is 34.0 Å². The molecule has 0 N–H and O–H groups in total. The minimum absolute atomic E-state index is 0.652. The zero-order chi connectivity index (χ0) is 45.5. The molecule has 0 unspecified atom stereocenters. The summed E-state index contributed by atoms with van der Waals surface area (Å²) in [6, 6.07) is 93.0. The average molecular weight is 895 g/mol. The molecule has 0 radical (unpaired) electrons. The molecule has 2 aromatic heterocycles. The molecule has 14 rings (SSSR count). The van der Waals surface area contributed by atoms with Crippen molar-refractivity contribution >= 4 is 67.9 Å². The first-order chi connectivity index (χ1) is 34.2. The highest BCUT2D eigenvalue weighted by Crippen LogP contribution is 2.43. The van der Waals surface area contributed by atoms with Crippen molar-refractivity contribution in [2.75, 3.05) is 4.90 Å². The maximum Gasteiger partial charge on any atom is 0.235 e. The number of fused-ring (bicyclic) bond motifs is 12. The molecule has 4 heterocycles. The minimum Gasteiger partial charge on any atom is -0.309 e. The molecule has 69 heavy (non-hydrogen) atoms. The lowest BCUT2D eigenvalue weighted by molar-refractivity contribution is 1.09. The fourth-order valence-corrected chi connectivity index (χ4v) is 17.0. The Morgan fingerprint density at radius 3 is 1.45 bits per heavy atom. The van der Waals surface area contributed by atoms with Crippen molar-refractivity contribution in [3.8, 4) is 61.6 Å². The second-order valence-electron chi connectivity index (χ2n) is 18.1. The molecule has 0 fully saturated rings. The van der Waals surface area contributed by atoms with Gasteiger partial charge in [0.2, 0.25) is 5.95 Å². The van der Waals surface area contributed by atoms with Crippen molar-refractivity contribution in [2.45, 2.75) is 0 Å². The Bertz CT molecular complexity index is 3850. The van der Waals surface area contributed by atoms with Crippen molar-refractivity contribution in [2.24, 2.45) is 0 Å². The van der Waals surface area contributed by atoms with Crippen molar-refractivity contribution in [1.82, 2.24) is 14.5 Å². The third kappa shape index (κ3) is 6.01. The molecular weight excluding hydrogens is 853 g/mol. The Morgan fingerprint density at radius 2 is 0.783 bits per heavy atom. The lowest BCUT2D eigenvalue weighted by Crippen LogP contribution is -2.75. The first-order valence-electron chi connectivity index (χ1n) is 23.7. The lowest BCUT2D eigenvalue weighted by Gasteiger charge is -2.42. The summed E-state index contributed by atoms with van der Waals surface area (Å²) in [5, 5.41) is 7.97. The van der Waals surface area contributed by atoms with E-state index in [2.05, 4.69) is 264 Å². The summed E-state index contributed by atoms with van der Waals surface area (Å²) in [4.78, 5) is 13.2. The van der Waals surface area contributed by atoms with Gasteiger partial charge < -0.3 is 4.57 Å². The highest BCUT2D eigenvalue weighted by atomic mass is 28.3. The molecular formula is C64H42N4Si. The monoisotopic (exact) mass is 894 g/mol. The number of nitrogens with zero attached hydrogens (tertiary/aromatic N) is 4.